The Morgan fingerprint density at radius 3 is 2.80 bits per heavy atom. The summed E-state index contributed by atoms with van der Waals surface area (Å²) in [5.74, 6) is 0.576. The fraction of sp³-hybridized carbons (Fsp3) is 0.800. The minimum atomic E-state index is -0.658. The number of rotatable bonds is 4. The Morgan fingerprint density at radius 2 is 2.25 bits per heavy atom. The molecule has 20 heavy (non-hydrogen) atoms. The van der Waals surface area contributed by atoms with E-state index in [1.807, 2.05) is 4.68 Å². The lowest BCUT2D eigenvalue weighted by Gasteiger charge is -2.42. The first-order valence-corrected chi connectivity index (χ1v) is 8.16. The van der Waals surface area contributed by atoms with Gasteiger partial charge in [-0.1, -0.05) is 19.8 Å². The van der Waals surface area contributed by atoms with Crippen molar-refractivity contribution in [3.63, 3.8) is 0 Å². The lowest BCUT2D eigenvalue weighted by molar-refractivity contribution is -0.137. The van der Waals surface area contributed by atoms with Gasteiger partial charge in [-0.25, -0.2) is 0 Å². The van der Waals surface area contributed by atoms with Gasteiger partial charge in [0, 0.05) is 13.2 Å². The fourth-order valence-electron chi connectivity index (χ4n) is 3.36. The molecule has 0 bridgehead atoms. The normalized spacial score (nSPS) is 28.9. The molecule has 3 atom stereocenters. The molecule has 0 saturated heterocycles. The highest BCUT2D eigenvalue weighted by Gasteiger charge is 2.44. The van der Waals surface area contributed by atoms with Crippen LogP contribution in [0.25, 0.3) is 0 Å². The van der Waals surface area contributed by atoms with E-state index in [9.17, 15) is 5.11 Å². The summed E-state index contributed by atoms with van der Waals surface area (Å²) in [6.07, 6.45) is 5.19. The zero-order valence-electron chi connectivity index (χ0n) is 12.8. The van der Waals surface area contributed by atoms with Gasteiger partial charge < -0.3 is 9.84 Å². The van der Waals surface area contributed by atoms with Crippen molar-refractivity contribution in [1.82, 2.24) is 9.78 Å². The van der Waals surface area contributed by atoms with Crippen molar-refractivity contribution in [1.29, 1.82) is 0 Å². The van der Waals surface area contributed by atoms with E-state index in [1.165, 1.54) is 6.42 Å². The van der Waals surface area contributed by atoms with Gasteiger partial charge in [0.05, 0.1) is 22.0 Å². The van der Waals surface area contributed by atoms with Gasteiger partial charge in [-0.3, -0.25) is 4.68 Å². The molecule has 1 heterocycles. The van der Waals surface area contributed by atoms with Gasteiger partial charge in [-0.15, -0.1) is 0 Å². The molecule has 1 aliphatic rings. The number of methoxy groups -OCH3 is 1. The van der Waals surface area contributed by atoms with Crippen LogP contribution in [-0.4, -0.2) is 27.6 Å². The number of aliphatic hydroxyl groups excluding tert-OH is 1. The van der Waals surface area contributed by atoms with Crippen molar-refractivity contribution >= 4 is 15.9 Å². The van der Waals surface area contributed by atoms with Crippen LogP contribution in [0.2, 0.25) is 0 Å². The third kappa shape index (κ3) is 2.81. The number of halogens is 1. The molecule has 0 aromatic carbocycles. The first-order valence-electron chi connectivity index (χ1n) is 7.37. The van der Waals surface area contributed by atoms with E-state index in [4.69, 9.17) is 4.74 Å². The molecule has 1 saturated carbocycles. The van der Waals surface area contributed by atoms with Crippen molar-refractivity contribution in [3.8, 4) is 0 Å². The van der Waals surface area contributed by atoms with E-state index >= 15 is 0 Å². The first-order chi connectivity index (χ1) is 9.41. The Kier molecular flexibility index (Phi) is 4.92. The predicted octanol–water partition coefficient (Wildman–Crippen LogP) is 3.86. The monoisotopic (exact) mass is 344 g/mol. The Bertz CT molecular complexity index is 461. The highest BCUT2D eigenvalue weighted by atomic mass is 79.9. The summed E-state index contributed by atoms with van der Waals surface area (Å²) < 4.78 is 8.55. The van der Waals surface area contributed by atoms with Crippen LogP contribution in [-0.2, 0) is 4.74 Å². The molecule has 1 fully saturated rings. The molecule has 1 aromatic heterocycles. The van der Waals surface area contributed by atoms with Crippen LogP contribution in [0.15, 0.2) is 10.7 Å². The maximum Gasteiger partial charge on any atom is 0.126 e. The van der Waals surface area contributed by atoms with E-state index < -0.39 is 11.7 Å². The molecule has 5 heteroatoms. The van der Waals surface area contributed by atoms with Gasteiger partial charge in [-0.2, -0.15) is 5.10 Å². The topological polar surface area (TPSA) is 47.3 Å². The van der Waals surface area contributed by atoms with E-state index in [0.717, 1.165) is 29.4 Å². The fourth-order valence-corrected chi connectivity index (χ4v) is 3.85. The zero-order chi connectivity index (χ0) is 14.9. The van der Waals surface area contributed by atoms with Crippen molar-refractivity contribution in [2.24, 2.45) is 5.92 Å². The molecular formula is C15H25BrN2O2. The molecule has 1 aromatic rings. The zero-order valence-corrected chi connectivity index (χ0v) is 14.4. The number of nitrogens with zero attached hydrogens (tertiary/aromatic N) is 2. The smallest absolute Gasteiger partial charge is 0.126 e. The third-order valence-corrected chi connectivity index (χ3v) is 5.04. The minimum Gasteiger partial charge on any atom is -0.384 e. The van der Waals surface area contributed by atoms with Crippen molar-refractivity contribution in [2.45, 2.75) is 64.2 Å². The lowest BCUT2D eigenvalue weighted by atomic mass is 9.74. The van der Waals surface area contributed by atoms with Crippen molar-refractivity contribution < 1.29 is 9.84 Å². The second kappa shape index (κ2) is 6.16. The van der Waals surface area contributed by atoms with E-state index in [2.05, 4.69) is 41.8 Å². The third-order valence-electron chi connectivity index (χ3n) is 4.43. The Morgan fingerprint density at radius 1 is 1.55 bits per heavy atom. The lowest BCUT2D eigenvalue weighted by Crippen LogP contribution is -2.43. The molecule has 0 spiro atoms. The minimum absolute atomic E-state index is 0.209. The number of aromatic nitrogens is 2. The standard InChI is InChI=1S/C15H25BrN2O2/c1-10(2)18-13(12(16)9-17-18)14(19)15(20-4)7-5-6-11(3)8-15/h9-11,14,19H,5-8H2,1-4H3. The Labute approximate surface area is 129 Å². The molecule has 4 nitrogen and oxygen atoms in total. The van der Waals surface area contributed by atoms with Crippen LogP contribution in [0, 0.1) is 5.92 Å². The molecule has 3 unspecified atom stereocenters. The molecule has 0 radical (unpaired) electrons. The van der Waals surface area contributed by atoms with E-state index in [0.29, 0.717) is 5.92 Å². The number of hydrogen-bond donors (Lipinski definition) is 1. The number of ether oxygens (including phenoxy) is 1. The summed E-state index contributed by atoms with van der Waals surface area (Å²) in [5, 5.41) is 15.4. The summed E-state index contributed by atoms with van der Waals surface area (Å²) in [6, 6.07) is 0.209. The van der Waals surface area contributed by atoms with E-state index in [1.54, 1.807) is 13.3 Å². The molecule has 0 aliphatic heterocycles. The average Bonchev–Trinajstić information content (AvgIpc) is 2.79. The van der Waals surface area contributed by atoms with Crippen LogP contribution in [0.3, 0.4) is 0 Å². The van der Waals surface area contributed by atoms with Crippen LogP contribution in [0.1, 0.15) is 64.3 Å². The highest BCUT2D eigenvalue weighted by molar-refractivity contribution is 9.10. The van der Waals surface area contributed by atoms with E-state index in [-0.39, 0.29) is 6.04 Å². The largest absolute Gasteiger partial charge is 0.384 e. The Balaban J connectivity index is 2.38. The van der Waals surface area contributed by atoms with Crippen LogP contribution >= 0.6 is 15.9 Å². The summed E-state index contributed by atoms with van der Waals surface area (Å²) in [7, 11) is 1.71. The van der Waals surface area contributed by atoms with Crippen LogP contribution in [0.5, 0.6) is 0 Å². The second-order valence-corrected chi connectivity index (χ2v) is 7.14. The summed E-state index contributed by atoms with van der Waals surface area (Å²) >= 11 is 3.52. The second-order valence-electron chi connectivity index (χ2n) is 6.29. The maximum atomic E-state index is 11.0. The highest BCUT2D eigenvalue weighted by Crippen LogP contribution is 2.45. The molecule has 2 rings (SSSR count). The average molecular weight is 345 g/mol. The number of hydrogen-bond acceptors (Lipinski definition) is 3. The Hall–Kier alpha value is -0.390. The summed E-state index contributed by atoms with van der Waals surface area (Å²) in [6.45, 7) is 6.37. The molecule has 1 N–H and O–H groups in total. The van der Waals surface area contributed by atoms with Gasteiger partial charge >= 0.3 is 0 Å². The molecule has 1 aliphatic carbocycles. The molecule has 114 valence electrons. The summed E-state index contributed by atoms with van der Waals surface area (Å²) in [5.41, 5.74) is 0.336. The van der Waals surface area contributed by atoms with Gasteiger partial charge in [-0.05, 0) is 48.5 Å². The SMILES string of the molecule is COC1(C(O)c2c(Br)cnn2C(C)C)CCCC(C)C1. The van der Waals surface area contributed by atoms with Gasteiger partial charge in [0.2, 0.25) is 0 Å². The molecule has 0 amide bonds. The molecular weight excluding hydrogens is 320 g/mol. The van der Waals surface area contributed by atoms with Gasteiger partial charge in [0.25, 0.3) is 0 Å². The van der Waals surface area contributed by atoms with Gasteiger partial charge in [0.15, 0.2) is 0 Å². The quantitative estimate of drug-likeness (QED) is 0.902. The van der Waals surface area contributed by atoms with Crippen molar-refractivity contribution in [2.75, 3.05) is 7.11 Å². The first kappa shape index (κ1) is 16.0. The number of aliphatic hydroxyl groups is 1. The maximum absolute atomic E-state index is 11.0. The van der Waals surface area contributed by atoms with Crippen molar-refractivity contribution in [3.05, 3.63) is 16.4 Å². The van der Waals surface area contributed by atoms with Crippen LogP contribution in [0.4, 0.5) is 0 Å². The van der Waals surface area contributed by atoms with Crippen LogP contribution < -0.4 is 0 Å². The van der Waals surface area contributed by atoms with Gasteiger partial charge in [0.1, 0.15) is 6.10 Å². The summed E-state index contributed by atoms with van der Waals surface area (Å²) in [4.78, 5) is 0. The predicted molar refractivity (Wildman–Crippen MR) is 82.6 cm³/mol.